The molecular weight excluding hydrogens is 238 g/mol. The van der Waals surface area contributed by atoms with Gasteiger partial charge in [-0.3, -0.25) is 4.79 Å². The molecule has 0 spiro atoms. The summed E-state index contributed by atoms with van der Waals surface area (Å²) in [6.45, 7) is 6.46. The van der Waals surface area contributed by atoms with E-state index < -0.39 is 0 Å². The predicted molar refractivity (Wildman–Crippen MR) is 75.3 cm³/mol. The fourth-order valence-corrected chi connectivity index (χ4v) is 2.14. The largest absolute Gasteiger partial charge is 0.494 e. The SMILES string of the molecule is CCOc1ccc(C(=O)C#CN2CCCC2)cc1C. The van der Waals surface area contributed by atoms with Gasteiger partial charge in [0.25, 0.3) is 0 Å². The Kier molecular flexibility index (Phi) is 4.46. The van der Waals surface area contributed by atoms with Gasteiger partial charge in [0.1, 0.15) is 5.75 Å². The monoisotopic (exact) mass is 257 g/mol. The minimum absolute atomic E-state index is 0.127. The van der Waals surface area contributed by atoms with Crippen molar-refractivity contribution in [3.8, 4) is 17.7 Å². The van der Waals surface area contributed by atoms with Crippen molar-refractivity contribution in [2.75, 3.05) is 19.7 Å². The Morgan fingerprint density at radius 3 is 2.74 bits per heavy atom. The summed E-state index contributed by atoms with van der Waals surface area (Å²) in [6, 6.07) is 8.39. The third-order valence-electron chi connectivity index (χ3n) is 3.17. The molecule has 1 aromatic carbocycles. The van der Waals surface area contributed by atoms with E-state index in [4.69, 9.17) is 4.74 Å². The van der Waals surface area contributed by atoms with Crippen LogP contribution in [0, 0.1) is 18.9 Å². The lowest BCUT2D eigenvalue weighted by atomic mass is 10.1. The van der Waals surface area contributed by atoms with Gasteiger partial charge < -0.3 is 9.64 Å². The average molecular weight is 257 g/mol. The lowest BCUT2D eigenvalue weighted by Gasteiger charge is -2.07. The Labute approximate surface area is 114 Å². The van der Waals surface area contributed by atoms with Gasteiger partial charge in [-0.2, -0.15) is 0 Å². The number of Topliss-reactive ketones (excluding diaryl/α,β-unsaturated/α-hetero) is 1. The first-order chi connectivity index (χ1) is 9.20. The van der Waals surface area contributed by atoms with Crippen molar-refractivity contribution in [3.63, 3.8) is 0 Å². The third kappa shape index (κ3) is 3.51. The van der Waals surface area contributed by atoms with E-state index in [0.717, 1.165) is 24.4 Å². The first-order valence-corrected chi connectivity index (χ1v) is 6.75. The van der Waals surface area contributed by atoms with Crippen LogP contribution in [0.4, 0.5) is 0 Å². The molecule has 0 bridgehead atoms. The summed E-state index contributed by atoms with van der Waals surface area (Å²) in [5.41, 5.74) is 1.60. The van der Waals surface area contributed by atoms with Crippen LogP contribution < -0.4 is 4.74 Å². The molecule has 1 saturated heterocycles. The zero-order valence-corrected chi connectivity index (χ0v) is 11.5. The Bertz CT molecular complexity index is 519. The number of carbonyl (C=O) groups excluding carboxylic acids is 1. The van der Waals surface area contributed by atoms with E-state index in [-0.39, 0.29) is 5.78 Å². The lowest BCUT2D eigenvalue weighted by molar-refractivity contribution is 0.105. The minimum Gasteiger partial charge on any atom is -0.494 e. The fourth-order valence-electron chi connectivity index (χ4n) is 2.14. The molecule has 0 aromatic heterocycles. The van der Waals surface area contributed by atoms with E-state index >= 15 is 0 Å². The van der Waals surface area contributed by atoms with Crippen LogP contribution >= 0.6 is 0 Å². The van der Waals surface area contributed by atoms with Crippen molar-refractivity contribution in [1.82, 2.24) is 4.90 Å². The first-order valence-electron chi connectivity index (χ1n) is 6.75. The van der Waals surface area contributed by atoms with Gasteiger partial charge in [-0.25, -0.2) is 0 Å². The van der Waals surface area contributed by atoms with Crippen LogP contribution in [0.5, 0.6) is 5.75 Å². The highest BCUT2D eigenvalue weighted by atomic mass is 16.5. The smallest absolute Gasteiger partial charge is 0.237 e. The number of benzene rings is 1. The molecule has 0 unspecified atom stereocenters. The number of carbonyl (C=O) groups is 1. The van der Waals surface area contributed by atoms with Crippen molar-refractivity contribution >= 4 is 5.78 Å². The Morgan fingerprint density at radius 2 is 2.11 bits per heavy atom. The summed E-state index contributed by atoms with van der Waals surface area (Å²) >= 11 is 0. The second kappa shape index (κ2) is 6.29. The van der Waals surface area contributed by atoms with Gasteiger partial charge in [0, 0.05) is 24.7 Å². The topological polar surface area (TPSA) is 29.5 Å². The molecule has 1 aromatic rings. The number of likely N-dealkylation sites (tertiary alicyclic amines) is 1. The maximum Gasteiger partial charge on any atom is 0.237 e. The molecular formula is C16H19NO2. The van der Waals surface area contributed by atoms with Crippen LogP contribution in [0.15, 0.2) is 18.2 Å². The van der Waals surface area contributed by atoms with Crippen LogP contribution in [0.25, 0.3) is 0 Å². The average Bonchev–Trinajstić information content (AvgIpc) is 2.91. The maximum absolute atomic E-state index is 12.0. The van der Waals surface area contributed by atoms with Gasteiger partial charge in [0.2, 0.25) is 5.78 Å². The van der Waals surface area contributed by atoms with Crippen LogP contribution in [-0.2, 0) is 0 Å². The molecule has 0 radical (unpaired) electrons. The Hall–Kier alpha value is -1.95. The first kappa shape index (κ1) is 13.5. The molecule has 0 saturated carbocycles. The van der Waals surface area contributed by atoms with Crippen molar-refractivity contribution in [1.29, 1.82) is 0 Å². The second-order valence-corrected chi connectivity index (χ2v) is 4.67. The second-order valence-electron chi connectivity index (χ2n) is 4.67. The molecule has 100 valence electrons. The number of hydrogen-bond acceptors (Lipinski definition) is 3. The highest BCUT2D eigenvalue weighted by molar-refractivity contribution is 6.09. The molecule has 3 nitrogen and oxygen atoms in total. The molecule has 19 heavy (non-hydrogen) atoms. The highest BCUT2D eigenvalue weighted by Crippen LogP contribution is 2.19. The van der Waals surface area contributed by atoms with Crippen LogP contribution in [0.1, 0.15) is 35.7 Å². The minimum atomic E-state index is -0.127. The number of nitrogens with zero attached hydrogens (tertiary/aromatic N) is 1. The number of hydrogen-bond donors (Lipinski definition) is 0. The predicted octanol–water partition coefficient (Wildman–Crippen LogP) is 2.63. The molecule has 1 aliphatic heterocycles. The standard InChI is InChI=1S/C16H19NO2/c1-3-19-16-7-6-14(12-13(16)2)15(18)8-11-17-9-4-5-10-17/h6-7,12H,3-5,9-10H2,1-2H3. The normalized spacial score (nSPS) is 13.9. The number of ether oxygens (including phenoxy) is 1. The van der Waals surface area contributed by atoms with E-state index in [0.29, 0.717) is 12.2 Å². The Balaban J connectivity index is 2.08. The summed E-state index contributed by atoms with van der Waals surface area (Å²) in [5.74, 6) is 3.41. The zero-order valence-electron chi connectivity index (χ0n) is 11.5. The van der Waals surface area contributed by atoms with E-state index in [1.165, 1.54) is 12.8 Å². The molecule has 0 atom stereocenters. The third-order valence-corrected chi connectivity index (χ3v) is 3.17. The molecule has 1 heterocycles. The van der Waals surface area contributed by atoms with Gasteiger partial charge in [-0.1, -0.05) is 0 Å². The fraction of sp³-hybridized carbons (Fsp3) is 0.438. The lowest BCUT2D eigenvalue weighted by Crippen LogP contribution is -2.12. The van der Waals surface area contributed by atoms with Gasteiger partial charge in [-0.15, -0.1) is 0 Å². The molecule has 2 rings (SSSR count). The van der Waals surface area contributed by atoms with Gasteiger partial charge in [0.05, 0.1) is 6.61 Å². The highest BCUT2D eigenvalue weighted by Gasteiger charge is 2.09. The van der Waals surface area contributed by atoms with E-state index in [1.807, 2.05) is 30.9 Å². The zero-order chi connectivity index (χ0) is 13.7. The summed E-state index contributed by atoms with van der Waals surface area (Å²) < 4.78 is 5.46. The van der Waals surface area contributed by atoms with E-state index in [1.54, 1.807) is 6.07 Å². The number of ketones is 1. The van der Waals surface area contributed by atoms with Gasteiger partial charge in [0.15, 0.2) is 0 Å². The van der Waals surface area contributed by atoms with E-state index in [2.05, 4.69) is 12.0 Å². The van der Waals surface area contributed by atoms with Gasteiger partial charge in [-0.05, 0) is 56.4 Å². The van der Waals surface area contributed by atoms with Crippen molar-refractivity contribution in [2.45, 2.75) is 26.7 Å². The summed E-state index contributed by atoms with van der Waals surface area (Å²) in [6.07, 6.45) is 2.34. The quantitative estimate of drug-likeness (QED) is 0.616. The number of rotatable bonds is 3. The Morgan fingerprint density at radius 1 is 1.37 bits per heavy atom. The van der Waals surface area contributed by atoms with E-state index in [9.17, 15) is 4.79 Å². The van der Waals surface area contributed by atoms with Crippen LogP contribution in [0.2, 0.25) is 0 Å². The molecule has 1 aliphatic rings. The molecule has 0 amide bonds. The van der Waals surface area contributed by atoms with Crippen molar-refractivity contribution < 1.29 is 9.53 Å². The maximum atomic E-state index is 12.0. The summed E-state index contributed by atoms with van der Waals surface area (Å²) in [5, 5.41) is 0. The van der Waals surface area contributed by atoms with Crippen LogP contribution in [0.3, 0.4) is 0 Å². The molecule has 0 N–H and O–H groups in total. The molecule has 1 fully saturated rings. The van der Waals surface area contributed by atoms with Crippen molar-refractivity contribution in [3.05, 3.63) is 29.3 Å². The summed E-state index contributed by atoms with van der Waals surface area (Å²) in [4.78, 5) is 14.0. The van der Waals surface area contributed by atoms with Gasteiger partial charge >= 0.3 is 0 Å². The number of aryl methyl sites for hydroxylation is 1. The molecule has 3 heteroatoms. The van der Waals surface area contributed by atoms with Crippen molar-refractivity contribution in [2.24, 2.45) is 0 Å². The van der Waals surface area contributed by atoms with Crippen LogP contribution in [-0.4, -0.2) is 30.4 Å². The summed E-state index contributed by atoms with van der Waals surface area (Å²) in [7, 11) is 0. The molecule has 0 aliphatic carbocycles.